The number of benzene rings is 2. The van der Waals surface area contributed by atoms with Crippen LogP contribution >= 0.6 is 11.6 Å². The monoisotopic (exact) mass is 411 g/mol. The van der Waals surface area contributed by atoms with Crippen molar-refractivity contribution in [3.05, 3.63) is 52.5 Å². The van der Waals surface area contributed by atoms with Gasteiger partial charge >= 0.3 is 6.61 Å². The lowest BCUT2D eigenvalue weighted by Gasteiger charge is -2.24. The van der Waals surface area contributed by atoms with Crippen molar-refractivity contribution in [2.24, 2.45) is 5.92 Å². The molecule has 1 heterocycles. The van der Waals surface area contributed by atoms with Crippen LogP contribution in [-0.4, -0.2) is 32.8 Å². The minimum atomic E-state index is -2.94. The van der Waals surface area contributed by atoms with Crippen molar-refractivity contribution in [2.75, 3.05) is 20.3 Å². The highest BCUT2D eigenvalue weighted by Gasteiger charge is 2.26. The number of methoxy groups -OCH3 is 1. The molecule has 28 heavy (non-hydrogen) atoms. The topological polar surface area (TPSA) is 56.8 Å². The number of carbonyl (C=O) groups excluding carboxylic acids is 1. The van der Waals surface area contributed by atoms with E-state index in [0.717, 1.165) is 16.9 Å². The molecule has 0 fully saturated rings. The Morgan fingerprint density at radius 3 is 2.86 bits per heavy atom. The standard InChI is InChI=1S/C20H20ClF2NO4/c1-26-17-4-2-12(8-18(17)28-20(22)23)6-7-24-19(25)14-9-13-10-15(21)3-5-16(13)27-11-14/h2-5,8,10,14,20H,6-7,9,11H2,1H3,(H,24,25). The second-order valence-electron chi connectivity index (χ2n) is 6.37. The zero-order chi connectivity index (χ0) is 20.1. The van der Waals surface area contributed by atoms with E-state index in [0.29, 0.717) is 31.0 Å². The molecule has 1 aliphatic heterocycles. The fourth-order valence-electron chi connectivity index (χ4n) is 3.07. The van der Waals surface area contributed by atoms with E-state index in [9.17, 15) is 13.6 Å². The first-order chi connectivity index (χ1) is 13.5. The van der Waals surface area contributed by atoms with Gasteiger partial charge in [0.15, 0.2) is 11.5 Å². The lowest BCUT2D eigenvalue weighted by atomic mass is 9.96. The molecule has 8 heteroatoms. The van der Waals surface area contributed by atoms with Crippen LogP contribution in [0.4, 0.5) is 8.78 Å². The highest BCUT2D eigenvalue weighted by molar-refractivity contribution is 6.30. The Morgan fingerprint density at radius 1 is 1.29 bits per heavy atom. The van der Waals surface area contributed by atoms with Gasteiger partial charge in [0.1, 0.15) is 12.4 Å². The Morgan fingerprint density at radius 2 is 2.11 bits per heavy atom. The van der Waals surface area contributed by atoms with Gasteiger partial charge in [0.25, 0.3) is 0 Å². The lowest BCUT2D eigenvalue weighted by Crippen LogP contribution is -2.38. The van der Waals surface area contributed by atoms with Gasteiger partial charge in [-0.25, -0.2) is 0 Å². The van der Waals surface area contributed by atoms with E-state index in [1.165, 1.54) is 13.2 Å². The summed E-state index contributed by atoms with van der Waals surface area (Å²) in [6.07, 6.45) is 1.02. The smallest absolute Gasteiger partial charge is 0.387 e. The fraction of sp³-hybridized carbons (Fsp3) is 0.350. The van der Waals surface area contributed by atoms with Gasteiger partial charge in [-0.1, -0.05) is 17.7 Å². The minimum absolute atomic E-state index is 0.0320. The molecule has 2 aromatic rings. The summed E-state index contributed by atoms with van der Waals surface area (Å²) in [5, 5.41) is 3.46. The summed E-state index contributed by atoms with van der Waals surface area (Å²) in [5.41, 5.74) is 1.65. The van der Waals surface area contributed by atoms with Crippen molar-refractivity contribution in [3.8, 4) is 17.2 Å². The van der Waals surface area contributed by atoms with E-state index in [4.69, 9.17) is 21.1 Å². The number of halogens is 3. The number of rotatable bonds is 7. The molecule has 0 bridgehead atoms. The number of fused-ring (bicyclic) bond motifs is 1. The average Bonchev–Trinajstić information content (AvgIpc) is 2.67. The third-order valence-electron chi connectivity index (χ3n) is 4.46. The van der Waals surface area contributed by atoms with Crippen LogP contribution in [0, 0.1) is 5.92 Å². The fourth-order valence-corrected chi connectivity index (χ4v) is 3.27. The van der Waals surface area contributed by atoms with Gasteiger partial charge in [-0.15, -0.1) is 0 Å². The first-order valence-electron chi connectivity index (χ1n) is 8.77. The molecule has 0 saturated heterocycles. The van der Waals surface area contributed by atoms with Crippen molar-refractivity contribution in [1.82, 2.24) is 5.32 Å². The maximum Gasteiger partial charge on any atom is 0.387 e. The van der Waals surface area contributed by atoms with Gasteiger partial charge in [0, 0.05) is 11.6 Å². The number of amides is 1. The van der Waals surface area contributed by atoms with Crippen molar-refractivity contribution >= 4 is 17.5 Å². The van der Waals surface area contributed by atoms with Gasteiger partial charge < -0.3 is 19.5 Å². The second kappa shape index (κ2) is 9.10. The first-order valence-corrected chi connectivity index (χ1v) is 9.14. The summed E-state index contributed by atoms with van der Waals surface area (Å²) in [5.74, 6) is 0.515. The summed E-state index contributed by atoms with van der Waals surface area (Å²) < 4.78 is 40.1. The summed E-state index contributed by atoms with van der Waals surface area (Å²) in [4.78, 5) is 12.4. The molecule has 0 aliphatic carbocycles. The third-order valence-corrected chi connectivity index (χ3v) is 4.69. The molecule has 1 amide bonds. The van der Waals surface area contributed by atoms with E-state index in [2.05, 4.69) is 10.1 Å². The molecule has 1 unspecified atom stereocenters. The normalized spacial score (nSPS) is 15.5. The number of nitrogens with one attached hydrogen (secondary N) is 1. The van der Waals surface area contributed by atoms with Crippen LogP contribution in [-0.2, 0) is 17.6 Å². The van der Waals surface area contributed by atoms with Gasteiger partial charge in [0.2, 0.25) is 5.91 Å². The third kappa shape index (κ3) is 5.04. The van der Waals surface area contributed by atoms with Crippen molar-refractivity contribution in [2.45, 2.75) is 19.5 Å². The van der Waals surface area contributed by atoms with Gasteiger partial charge in [-0.3, -0.25) is 4.79 Å². The van der Waals surface area contributed by atoms with Crippen molar-refractivity contribution in [3.63, 3.8) is 0 Å². The molecule has 0 saturated carbocycles. The predicted molar refractivity (Wildman–Crippen MR) is 100 cm³/mol. The molecule has 0 aromatic heterocycles. The number of carbonyl (C=O) groups is 1. The van der Waals surface area contributed by atoms with E-state index >= 15 is 0 Å². The van der Waals surface area contributed by atoms with Gasteiger partial charge in [-0.05, 0) is 54.3 Å². The highest BCUT2D eigenvalue weighted by atomic mass is 35.5. The molecular formula is C20H20ClF2NO4. The van der Waals surface area contributed by atoms with Crippen LogP contribution in [0.2, 0.25) is 5.02 Å². The summed E-state index contributed by atoms with van der Waals surface area (Å²) >= 11 is 6.00. The van der Waals surface area contributed by atoms with E-state index < -0.39 is 6.61 Å². The number of hydrogen-bond acceptors (Lipinski definition) is 4. The Labute approximate surface area is 166 Å². The van der Waals surface area contributed by atoms with Crippen LogP contribution in [0.3, 0.4) is 0 Å². The average molecular weight is 412 g/mol. The minimum Gasteiger partial charge on any atom is -0.493 e. The molecule has 1 aliphatic rings. The second-order valence-corrected chi connectivity index (χ2v) is 6.81. The summed E-state index contributed by atoms with van der Waals surface area (Å²) in [7, 11) is 1.38. The Bertz CT molecular complexity index is 847. The molecule has 1 N–H and O–H groups in total. The van der Waals surface area contributed by atoms with Crippen molar-refractivity contribution in [1.29, 1.82) is 0 Å². The molecule has 0 radical (unpaired) electrons. The quantitative estimate of drug-likeness (QED) is 0.751. The molecule has 5 nitrogen and oxygen atoms in total. The Hall–Kier alpha value is -2.54. The van der Waals surface area contributed by atoms with Crippen LogP contribution in [0.15, 0.2) is 36.4 Å². The first kappa shape index (κ1) is 20.2. The van der Waals surface area contributed by atoms with E-state index in [1.807, 2.05) is 0 Å². The molecule has 0 spiro atoms. The van der Waals surface area contributed by atoms with Crippen LogP contribution in [0.25, 0.3) is 0 Å². The van der Waals surface area contributed by atoms with Crippen LogP contribution in [0.1, 0.15) is 11.1 Å². The maximum atomic E-state index is 12.5. The van der Waals surface area contributed by atoms with Crippen LogP contribution < -0.4 is 19.5 Å². The van der Waals surface area contributed by atoms with Gasteiger partial charge in [0.05, 0.1) is 13.0 Å². The molecule has 2 aromatic carbocycles. The maximum absolute atomic E-state index is 12.5. The molecular weight excluding hydrogens is 392 g/mol. The largest absolute Gasteiger partial charge is 0.493 e. The summed E-state index contributed by atoms with van der Waals surface area (Å²) in [6.45, 7) is -2.28. The Kier molecular flexibility index (Phi) is 6.57. The number of ether oxygens (including phenoxy) is 3. The van der Waals surface area contributed by atoms with Crippen molar-refractivity contribution < 1.29 is 27.8 Å². The molecule has 1 atom stereocenters. The lowest BCUT2D eigenvalue weighted by molar-refractivity contribution is -0.126. The molecule has 3 rings (SSSR count). The zero-order valence-electron chi connectivity index (χ0n) is 15.2. The number of hydrogen-bond donors (Lipinski definition) is 1. The van der Waals surface area contributed by atoms with Crippen LogP contribution in [0.5, 0.6) is 17.2 Å². The SMILES string of the molecule is COc1ccc(CCNC(=O)C2COc3ccc(Cl)cc3C2)cc1OC(F)F. The van der Waals surface area contributed by atoms with E-state index in [-0.39, 0.29) is 23.3 Å². The summed E-state index contributed by atoms with van der Waals surface area (Å²) in [6, 6.07) is 10.1. The van der Waals surface area contributed by atoms with E-state index in [1.54, 1.807) is 30.3 Å². The Balaban J connectivity index is 1.54. The predicted octanol–water partition coefficient (Wildman–Crippen LogP) is 3.86. The van der Waals surface area contributed by atoms with Gasteiger partial charge in [-0.2, -0.15) is 8.78 Å². The highest BCUT2D eigenvalue weighted by Crippen LogP contribution is 2.31. The molecule has 150 valence electrons. The zero-order valence-corrected chi connectivity index (χ0v) is 16.0. The number of alkyl halides is 2.